The first-order valence-electron chi connectivity index (χ1n) is 3.84. The van der Waals surface area contributed by atoms with Crippen molar-refractivity contribution in [2.24, 2.45) is 5.92 Å². The summed E-state index contributed by atoms with van der Waals surface area (Å²) < 4.78 is 0.993. The van der Waals surface area contributed by atoms with Gasteiger partial charge in [-0.15, -0.1) is 11.3 Å². The third kappa shape index (κ3) is 3.00. The number of hydrogen-bond donors (Lipinski definition) is 1. The quantitative estimate of drug-likeness (QED) is 0.785. The molecule has 0 aliphatic heterocycles. The van der Waals surface area contributed by atoms with Crippen molar-refractivity contribution in [3.05, 3.63) is 11.1 Å². The van der Waals surface area contributed by atoms with Gasteiger partial charge in [0.15, 0.2) is 0 Å². The van der Waals surface area contributed by atoms with Gasteiger partial charge in [0.05, 0.1) is 11.6 Å². The van der Waals surface area contributed by atoms with E-state index in [0.717, 1.165) is 10.0 Å². The van der Waals surface area contributed by atoms with E-state index in [1.165, 1.54) is 0 Å². The average molecular weight is 217 g/mol. The molecule has 1 atom stereocenters. The van der Waals surface area contributed by atoms with Crippen molar-refractivity contribution in [1.29, 1.82) is 0 Å². The Kier molecular flexibility index (Phi) is 3.74. The minimum atomic E-state index is -0.765. The fourth-order valence-corrected chi connectivity index (χ4v) is 2.17. The van der Waals surface area contributed by atoms with Gasteiger partial charge in [0.2, 0.25) is 0 Å². The highest BCUT2D eigenvalue weighted by atomic mass is 32.2. The molecule has 0 radical (unpaired) electrons. The molecule has 1 aromatic rings. The average Bonchev–Trinajstić information content (AvgIpc) is 2.52. The van der Waals surface area contributed by atoms with Gasteiger partial charge in [0.25, 0.3) is 0 Å². The van der Waals surface area contributed by atoms with E-state index in [4.69, 9.17) is 5.11 Å². The topological polar surface area (TPSA) is 50.2 Å². The van der Waals surface area contributed by atoms with E-state index in [1.54, 1.807) is 30.0 Å². The Bertz CT molecular complexity index is 298. The Morgan fingerprint density at radius 2 is 2.54 bits per heavy atom. The van der Waals surface area contributed by atoms with Crippen molar-refractivity contribution >= 4 is 29.1 Å². The van der Waals surface area contributed by atoms with Crippen molar-refractivity contribution < 1.29 is 9.90 Å². The normalized spacial score (nSPS) is 12.8. The molecular weight excluding hydrogens is 206 g/mol. The van der Waals surface area contributed by atoms with Crippen molar-refractivity contribution in [1.82, 2.24) is 4.98 Å². The molecule has 0 saturated heterocycles. The first-order valence-corrected chi connectivity index (χ1v) is 5.95. The Labute approximate surface area is 85.2 Å². The molecule has 72 valence electrons. The molecule has 0 spiro atoms. The highest BCUT2D eigenvalue weighted by Crippen LogP contribution is 2.21. The van der Waals surface area contributed by atoms with E-state index < -0.39 is 5.97 Å². The van der Waals surface area contributed by atoms with Crippen LogP contribution in [-0.4, -0.2) is 22.3 Å². The molecule has 0 aliphatic rings. The Hall–Kier alpha value is -0.550. The lowest BCUT2D eigenvalue weighted by Gasteiger charge is -2.01. The van der Waals surface area contributed by atoms with Gasteiger partial charge in [0, 0.05) is 11.8 Å². The number of hydrogen-bond acceptors (Lipinski definition) is 4. The third-order valence-corrected chi connectivity index (χ3v) is 3.55. The summed E-state index contributed by atoms with van der Waals surface area (Å²) >= 11 is 3.15. The van der Waals surface area contributed by atoms with Crippen molar-refractivity contribution in [2.45, 2.75) is 17.7 Å². The van der Waals surface area contributed by atoms with E-state index in [1.807, 2.05) is 11.6 Å². The first-order chi connectivity index (χ1) is 6.13. The fourth-order valence-electron chi connectivity index (χ4n) is 0.877. The van der Waals surface area contributed by atoms with Gasteiger partial charge in [0.1, 0.15) is 4.34 Å². The van der Waals surface area contributed by atoms with E-state index in [-0.39, 0.29) is 5.92 Å². The first kappa shape index (κ1) is 10.5. The Morgan fingerprint density at radius 3 is 3.00 bits per heavy atom. The number of aromatic nitrogens is 1. The number of aliphatic carboxylic acids is 1. The summed E-state index contributed by atoms with van der Waals surface area (Å²) in [5.41, 5.74) is 0.879. The molecule has 5 heteroatoms. The zero-order valence-corrected chi connectivity index (χ0v) is 9.11. The Morgan fingerprint density at radius 1 is 1.85 bits per heavy atom. The molecule has 0 fully saturated rings. The predicted octanol–water partition coefficient (Wildman–Crippen LogP) is 2.13. The van der Waals surface area contributed by atoms with Gasteiger partial charge in [-0.3, -0.25) is 4.79 Å². The molecule has 0 amide bonds. The SMILES string of the molecule is CSc1nc(CC(C)C(=O)O)cs1. The number of thioether (sulfide) groups is 1. The van der Waals surface area contributed by atoms with Crippen LogP contribution in [0.2, 0.25) is 0 Å². The van der Waals surface area contributed by atoms with Crippen LogP contribution in [0.5, 0.6) is 0 Å². The largest absolute Gasteiger partial charge is 0.481 e. The van der Waals surface area contributed by atoms with Crippen molar-refractivity contribution in [3.63, 3.8) is 0 Å². The predicted molar refractivity (Wildman–Crippen MR) is 54.4 cm³/mol. The molecule has 13 heavy (non-hydrogen) atoms. The fraction of sp³-hybridized carbons (Fsp3) is 0.500. The van der Waals surface area contributed by atoms with Crippen LogP contribution >= 0.6 is 23.1 Å². The number of nitrogens with zero attached hydrogens (tertiary/aromatic N) is 1. The summed E-state index contributed by atoms with van der Waals surface area (Å²) in [6, 6.07) is 0. The highest BCUT2D eigenvalue weighted by molar-refractivity contribution is 8.00. The van der Waals surface area contributed by atoms with Crippen LogP contribution in [0.15, 0.2) is 9.72 Å². The highest BCUT2D eigenvalue weighted by Gasteiger charge is 2.13. The molecule has 1 unspecified atom stereocenters. The maximum atomic E-state index is 10.6. The van der Waals surface area contributed by atoms with Crippen molar-refractivity contribution in [2.75, 3.05) is 6.26 Å². The standard InChI is InChI=1S/C8H11NO2S2/c1-5(7(10)11)3-6-4-13-8(9-6)12-2/h4-5H,3H2,1-2H3,(H,10,11). The lowest BCUT2D eigenvalue weighted by Crippen LogP contribution is -2.12. The van der Waals surface area contributed by atoms with Gasteiger partial charge in [-0.05, 0) is 6.26 Å². The number of carboxylic acids is 1. The second kappa shape index (κ2) is 4.62. The zero-order valence-electron chi connectivity index (χ0n) is 7.48. The second-order valence-electron chi connectivity index (χ2n) is 2.75. The van der Waals surface area contributed by atoms with Crippen molar-refractivity contribution in [3.8, 4) is 0 Å². The van der Waals surface area contributed by atoms with Crippen LogP contribution in [0.25, 0.3) is 0 Å². The minimum absolute atomic E-state index is 0.350. The maximum Gasteiger partial charge on any atom is 0.306 e. The maximum absolute atomic E-state index is 10.6. The molecule has 0 aliphatic carbocycles. The minimum Gasteiger partial charge on any atom is -0.481 e. The summed E-state index contributed by atoms with van der Waals surface area (Å²) in [4.78, 5) is 14.8. The van der Waals surface area contributed by atoms with Gasteiger partial charge in [-0.1, -0.05) is 18.7 Å². The van der Waals surface area contributed by atoms with E-state index >= 15 is 0 Å². The molecule has 1 N–H and O–H groups in total. The van der Waals surface area contributed by atoms with Crippen LogP contribution in [0.1, 0.15) is 12.6 Å². The van der Waals surface area contributed by atoms with Crippen LogP contribution in [0, 0.1) is 5.92 Å². The summed E-state index contributed by atoms with van der Waals surface area (Å²) in [7, 11) is 0. The molecule has 3 nitrogen and oxygen atoms in total. The summed E-state index contributed by atoms with van der Waals surface area (Å²) in [6.45, 7) is 1.69. The van der Waals surface area contributed by atoms with E-state index in [2.05, 4.69) is 4.98 Å². The molecule has 1 heterocycles. The molecule has 0 saturated carbocycles. The monoisotopic (exact) mass is 217 g/mol. The molecule has 0 aromatic carbocycles. The number of rotatable bonds is 4. The third-order valence-electron chi connectivity index (χ3n) is 1.64. The lowest BCUT2D eigenvalue weighted by molar-refractivity contribution is -0.141. The van der Waals surface area contributed by atoms with Gasteiger partial charge >= 0.3 is 5.97 Å². The summed E-state index contributed by atoms with van der Waals surface area (Å²) in [5, 5.41) is 10.6. The summed E-state index contributed by atoms with van der Waals surface area (Å²) in [5.74, 6) is -1.12. The lowest BCUT2D eigenvalue weighted by atomic mass is 10.1. The molecule has 1 aromatic heterocycles. The van der Waals surface area contributed by atoms with Gasteiger partial charge < -0.3 is 5.11 Å². The zero-order chi connectivity index (χ0) is 9.84. The number of carbonyl (C=O) groups is 1. The van der Waals surface area contributed by atoms with Gasteiger partial charge in [-0.25, -0.2) is 4.98 Å². The number of carboxylic acid groups (broad SMARTS) is 1. The van der Waals surface area contributed by atoms with E-state index in [9.17, 15) is 4.79 Å². The molecule has 0 bridgehead atoms. The Balaban J connectivity index is 2.58. The smallest absolute Gasteiger partial charge is 0.306 e. The van der Waals surface area contributed by atoms with Crippen LogP contribution in [0.4, 0.5) is 0 Å². The molecule has 1 rings (SSSR count). The van der Waals surface area contributed by atoms with Gasteiger partial charge in [-0.2, -0.15) is 0 Å². The van der Waals surface area contributed by atoms with Crippen LogP contribution < -0.4 is 0 Å². The van der Waals surface area contributed by atoms with E-state index in [0.29, 0.717) is 6.42 Å². The molecular formula is C8H11NO2S2. The van der Waals surface area contributed by atoms with Crippen LogP contribution in [0.3, 0.4) is 0 Å². The summed E-state index contributed by atoms with van der Waals surface area (Å²) in [6.07, 6.45) is 2.48. The van der Waals surface area contributed by atoms with Crippen LogP contribution in [-0.2, 0) is 11.2 Å². The number of thiazole rings is 1. The second-order valence-corrected chi connectivity index (χ2v) is 4.66.